The number of aromatic nitrogens is 1. The summed E-state index contributed by atoms with van der Waals surface area (Å²) in [5.41, 5.74) is 9.02. The minimum Gasteiger partial charge on any atom is -0.465 e. The summed E-state index contributed by atoms with van der Waals surface area (Å²) in [6.45, 7) is 0.405. The van der Waals surface area contributed by atoms with Gasteiger partial charge in [-0.3, -0.25) is 0 Å². The monoisotopic (exact) mass is 527 g/mol. The first-order chi connectivity index (χ1) is 19.6. The van der Waals surface area contributed by atoms with Crippen LogP contribution in [0.25, 0.3) is 22.3 Å². The zero-order chi connectivity index (χ0) is 27.6. The van der Waals surface area contributed by atoms with Crippen molar-refractivity contribution in [2.24, 2.45) is 0 Å². The summed E-state index contributed by atoms with van der Waals surface area (Å²) in [5.74, 6) is -0.932. The topological polar surface area (TPSA) is 57.5 Å². The van der Waals surface area contributed by atoms with Gasteiger partial charge in [-0.15, -0.1) is 0 Å². The van der Waals surface area contributed by atoms with Crippen LogP contribution >= 0.6 is 0 Å². The number of ether oxygens (including phenoxy) is 2. The van der Waals surface area contributed by atoms with E-state index in [0.717, 1.165) is 23.1 Å². The van der Waals surface area contributed by atoms with Crippen LogP contribution < -0.4 is 0 Å². The molecule has 40 heavy (non-hydrogen) atoms. The van der Waals surface area contributed by atoms with Crippen LogP contribution in [0.2, 0.25) is 0 Å². The quantitative estimate of drug-likeness (QED) is 0.211. The molecule has 0 spiro atoms. The zero-order valence-electron chi connectivity index (χ0n) is 22.5. The average molecular weight is 528 g/mol. The summed E-state index contributed by atoms with van der Waals surface area (Å²) < 4.78 is 12.1. The number of carbonyl (C=O) groups excluding carboxylic acids is 2. The Kier molecular flexibility index (Phi) is 6.79. The third-order valence-corrected chi connectivity index (χ3v) is 7.69. The van der Waals surface area contributed by atoms with Crippen LogP contribution in [0.15, 0.2) is 109 Å². The van der Waals surface area contributed by atoms with Gasteiger partial charge < -0.3 is 14.0 Å². The standard InChI is InChI=1S/C35H29NO4/c1-39-34(37)32-31(22-36(33(32)35(38)40-2)21-24-13-7-4-8-14-24)25-17-18-28-29(19-23-11-5-3-6-12-23)26-15-9-10-16-27(26)30(28)20-25/h3-18,20,22,29H,19,21H2,1-2H3. The highest BCUT2D eigenvalue weighted by Crippen LogP contribution is 2.48. The zero-order valence-corrected chi connectivity index (χ0v) is 22.5. The molecule has 5 nitrogen and oxygen atoms in total. The molecule has 0 fully saturated rings. The van der Waals surface area contributed by atoms with Gasteiger partial charge in [-0.1, -0.05) is 97.1 Å². The molecule has 0 amide bonds. The minimum atomic E-state index is -0.586. The van der Waals surface area contributed by atoms with E-state index in [-0.39, 0.29) is 17.2 Å². The predicted octanol–water partition coefficient (Wildman–Crippen LogP) is 7.13. The SMILES string of the molecule is COC(=O)c1c(-c2ccc3c(c2)-c2ccccc2C3Cc2ccccc2)cn(Cc2ccccc2)c1C(=O)OC. The number of rotatable bonds is 7. The molecule has 0 aliphatic heterocycles. The number of hydrogen-bond donors (Lipinski definition) is 0. The number of methoxy groups -OCH3 is 2. The van der Waals surface area contributed by atoms with Gasteiger partial charge in [0.15, 0.2) is 0 Å². The normalized spacial score (nSPS) is 13.4. The lowest BCUT2D eigenvalue weighted by atomic mass is 9.89. The van der Waals surface area contributed by atoms with Crippen molar-refractivity contribution in [1.82, 2.24) is 4.57 Å². The van der Waals surface area contributed by atoms with E-state index in [0.29, 0.717) is 12.1 Å². The highest BCUT2D eigenvalue weighted by Gasteiger charge is 2.32. The largest absolute Gasteiger partial charge is 0.465 e. The maximum atomic E-state index is 13.2. The van der Waals surface area contributed by atoms with Gasteiger partial charge in [0.25, 0.3) is 0 Å². The van der Waals surface area contributed by atoms with Gasteiger partial charge in [0, 0.05) is 24.2 Å². The van der Waals surface area contributed by atoms with E-state index in [1.165, 1.54) is 36.5 Å². The van der Waals surface area contributed by atoms with Crippen molar-refractivity contribution in [1.29, 1.82) is 0 Å². The Balaban J connectivity index is 1.50. The van der Waals surface area contributed by atoms with E-state index >= 15 is 0 Å². The average Bonchev–Trinajstić information content (AvgIpc) is 3.53. The predicted molar refractivity (Wildman–Crippen MR) is 156 cm³/mol. The number of hydrogen-bond acceptors (Lipinski definition) is 4. The third-order valence-electron chi connectivity index (χ3n) is 7.69. The van der Waals surface area contributed by atoms with Crippen LogP contribution in [0, 0.1) is 0 Å². The second-order valence-electron chi connectivity index (χ2n) is 9.99. The van der Waals surface area contributed by atoms with E-state index in [4.69, 9.17) is 9.47 Å². The number of benzene rings is 4. The van der Waals surface area contributed by atoms with Crippen LogP contribution in [0.4, 0.5) is 0 Å². The van der Waals surface area contributed by atoms with E-state index in [2.05, 4.69) is 60.7 Å². The van der Waals surface area contributed by atoms with Crippen LogP contribution in [-0.2, 0) is 22.4 Å². The molecule has 5 heteroatoms. The smallest absolute Gasteiger partial charge is 0.355 e. The fourth-order valence-corrected chi connectivity index (χ4v) is 5.85. The van der Waals surface area contributed by atoms with Crippen LogP contribution in [-0.4, -0.2) is 30.7 Å². The molecule has 4 aromatic carbocycles. The molecule has 1 aliphatic carbocycles. The van der Waals surface area contributed by atoms with Crippen LogP contribution in [0.5, 0.6) is 0 Å². The number of esters is 2. The maximum absolute atomic E-state index is 13.2. The lowest BCUT2D eigenvalue weighted by molar-refractivity contribution is 0.0548. The Labute approximate surface area is 233 Å². The molecule has 1 unspecified atom stereocenters. The summed E-state index contributed by atoms with van der Waals surface area (Å²) in [5, 5.41) is 0. The second-order valence-corrected chi connectivity index (χ2v) is 9.99. The Morgan fingerprint density at radius 2 is 1.30 bits per heavy atom. The Morgan fingerprint density at radius 1 is 0.675 bits per heavy atom. The van der Waals surface area contributed by atoms with Gasteiger partial charge in [-0.25, -0.2) is 9.59 Å². The molecule has 6 rings (SSSR count). The van der Waals surface area contributed by atoms with Gasteiger partial charge in [0.1, 0.15) is 11.3 Å². The maximum Gasteiger partial charge on any atom is 0.355 e. The molecule has 1 aliphatic rings. The number of nitrogens with zero attached hydrogens (tertiary/aromatic N) is 1. The fraction of sp³-hybridized carbons (Fsp3) is 0.143. The fourth-order valence-electron chi connectivity index (χ4n) is 5.85. The highest BCUT2D eigenvalue weighted by molar-refractivity contribution is 6.07. The van der Waals surface area contributed by atoms with Crippen molar-refractivity contribution in [3.8, 4) is 22.3 Å². The Morgan fingerprint density at radius 3 is 2.00 bits per heavy atom. The van der Waals surface area contributed by atoms with Crippen molar-refractivity contribution >= 4 is 11.9 Å². The Bertz CT molecular complexity index is 1700. The minimum absolute atomic E-state index is 0.177. The van der Waals surface area contributed by atoms with Crippen LogP contribution in [0.3, 0.4) is 0 Å². The van der Waals surface area contributed by atoms with Gasteiger partial charge in [0.05, 0.1) is 14.2 Å². The van der Waals surface area contributed by atoms with E-state index in [9.17, 15) is 9.59 Å². The Hall–Kier alpha value is -4.90. The highest BCUT2D eigenvalue weighted by atomic mass is 16.5. The van der Waals surface area contributed by atoms with E-state index in [1.807, 2.05) is 48.7 Å². The van der Waals surface area contributed by atoms with Gasteiger partial charge in [0.2, 0.25) is 0 Å². The molecule has 0 bridgehead atoms. The summed E-state index contributed by atoms with van der Waals surface area (Å²) in [7, 11) is 2.65. The second kappa shape index (κ2) is 10.7. The number of fused-ring (bicyclic) bond motifs is 3. The summed E-state index contributed by atoms with van der Waals surface area (Å²) in [6, 6.07) is 35.2. The first kappa shape index (κ1) is 25.4. The van der Waals surface area contributed by atoms with Gasteiger partial charge >= 0.3 is 11.9 Å². The summed E-state index contributed by atoms with van der Waals surface area (Å²) >= 11 is 0. The van der Waals surface area contributed by atoms with Gasteiger partial charge in [-0.2, -0.15) is 0 Å². The summed E-state index contributed by atoms with van der Waals surface area (Å²) in [6.07, 6.45) is 2.76. The molecule has 1 heterocycles. The molecule has 1 aromatic heterocycles. The van der Waals surface area contributed by atoms with E-state index < -0.39 is 11.9 Å². The lowest BCUT2D eigenvalue weighted by Gasteiger charge is -2.14. The molecular weight excluding hydrogens is 498 g/mol. The molecule has 198 valence electrons. The third kappa shape index (κ3) is 4.50. The van der Waals surface area contributed by atoms with Crippen molar-refractivity contribution in [2.45, 2.75) is 18.9 Å². The van der Waals surface area contributed by atoms with E-state index in [1.54, 1.807) is 4.57 Å². The first-order valence-corrected chi connectivity index (χ1v) is 13.3. The van der Waals surface area contributed by atoms with Crippen LogP contribution in [0.1, 0.15) is 49.0 Å². The molecular formula is C35H29NO4. The van der Waals surface area contributed by atoms with Crippen molar-refractivity contribution in [3.05, 3.63) is 143 Å². The van der Waals surface area contributed by atoms with Crippen molar-refractivity contribution < 1.29 is 19.1 Å². The summed E-state index contributed by atoms with van der Waals surface area (Å²) in [4.78, 5) is 26.2. The van der Waals surface area contributed by atoms with Gasteiger partial charge in [-0.05, 0) is 51.4 Å². The molecule has 0 N–H and O–H groups in total. The molecule has 1 atom stereocenters. The lowest BCUT2D eigenvalue weighted by Crippen LogP contribution is -2.16. The molecule has 5 aromatic rings. The van der Waals surface area contributed by atoms with Crippen molar-refractivity contribution in [2.75, 3.05) is 14.2 Å². The number of carbonyl (C=O) groups is 2. The molecule has 0 saturated carbocycles. The first-order valence-electron chi connectivity index (χ1n) is 13.3. The molecule has 0 radical (unpaired) electrons. The molecule has 0 saturated heterocycles. The van der Waals surface area contributed by atoms with Crippen molar-refractivity contribution in [3.63, 3.8) is 0 Å².